The Morgan fingerprint density at radius 1 is 1.00 bits per heavy atom. The molecule has 0 aromatic heterocycles. The zero-order chi connectivity index (χ0) is 18.6. The average Bonchev–Trinajstić information content (AvgIpc) is 2.67. The molecular weight excluding hydrogens is 352 g/mol. The minimum Gasteiger partial charge on any atom is -0.489 e. The number of nitrogens with zero attached hydrogens (tertiary/aromatic N) is 2. The number of nitrogens with one attached hydrogen (secondary N) is 1. The van der Waals surface area contributed by atoms with Crippen molar-refractivity contribution in [2.45, 2.75) is 11.5 Å². The maximum atomic E-state index is 12.7. The molecule has 0 amide bonds. The second-order valence-corrected chi connectivity index (χ2v) is 7.96. The van der Waals surface area contributed by atoms with Crippen molar-refractivity contribution in [2.24, 2.45) is 5.73 Å². The Balaban J connectivity index is 1.63. The molecular formula is C18H22N4O3S. The van der Waals surface area contributed by atoms with Crippen LogP contribution in [0.4, 0.5) is 0 Å². The summed E-state index contributed by atoms with van der Waals surface area (Å²) in [7, 11) is -3.56. The molecule has 1 aliphatic rings. The van der Waals surface area contributed by atoms with Gasteiger partial charge < -0.3 is 15.4 Å². The summed E-state index contributed by atoms with van der Waals surface area (Å²) in [5, 5.41) is 7.42. The third-order valence-electron chi connectivity index (χ3n) is 4.29. The first-order valence-corrected chi connectivity index (χ1v) is 9.77. The number of sulfonamides is 1. The Hall–Kier alpha value is -2.58. The van der Waals surface area contributed by atoms with Gasteiger partial charge in [0, 0.05) is 26.2 Å². The summed E-state index contributed by atoms with van der Waals surface area (Å²) in [5.41, 5.74) is 6.50. The number of guanidine groups is 1. The van der Waals surface area contributed by atoms with E-state index in [9.17, 15) is 8.42 Å². The Morgan fingerprint density at radius 3 is 2.19 bits per heavy atom. The van der Waals surface area contributed by atoms with Crippen molar-refractivity contribution in [3.63, 3.8) is 0 Å². The van der Waals surface area contributed by atoms with E-state index in [1.807, 2.05) is 30.3 Å². The summed E-state index contributed by atoms with van der Waals surface area (Å²) in [6, 6.07) is 16.2. The number of hydrogen-bond donors (Lipinski definition) is 2. The summed E-state index contributed by atoms with van der Waals surface area (Å²) < 4.78 is 32.6. The zero-order valence-electron chi connectivity index (χ0n) is 14.3. The predicted molar refractivity (Wildman–Crippen MR) is 99.5 cm³/mol. The van der Waals surface area contributed by atoms with E-state index in [-0.39, 0.29) is 10.9 Å². The number of hydrogen-bond acceptors (Lipinski definition) is 4. The van der Waals surface area contributed by atoms with Crippen LogP contribution < -0.4 is 10.5 Å². The maximum absolute atomic E-state index is 12.7. The minimum atomic E-state index is -3.56. The fraction of sp³-hybridized carbons (Fsp3) is 0.278. The molecule has 3 N–H and O–H groups in total. The predicted octanol–water partition coefficient (Wildman–Crippen LogP) is 1.47. The van der Waals surface area contributed by atoms with Crippen molar-refractivity contribution in [1.82, 2.24) is 9.21 Å². The summed E-state index contributed by atoms with van der Waals surface area (Å²) >= 11 is 0. The van der Waals surface area contributed by atoms with Gasteiger partial charge in [-0.3, -0.25) is 5.41 Å². The van der Waals surface area contributed by atoms with Gasteiger partial charge in [0.1, 0.15) is 12.4 Å². The monoisotopic (exact) mass is 374 g/mol. The first kappa shape index (κ1) is 18.2. The molecule has 8 heteroatoms. The van der Waals surface area contributed by atoms with E-state index in [2.05, 4.69) is 0 Å². The van der Waals surface area contributed by atoms with Crippen LogP contribution in [0.25, 0.3) is 0 Å². The lowest BCUT2D eigenvalue weighted by Gasteiger charge is -2.34. The molecule has 0 radical (unpaired) electrons. The molecule has 3 rings (SSSR count). The molecule has 0 saturated carbocycles. The first-order valence-electron chi connectivity index (χ1n) is 8.33. The van der Waals surface area contributed by atoms with Gasteiger partial charge >= 0.3 is 0 Å². The highest BCUT2D eigenvalue weighted by Gasteiger charge is 2.28. The van der Waals surface area contributed by atoms with Gasteiger partial charge in [0.25, 0.3) is 0 Å². The van der Waals surface area contributed by atoms with Crippen LogP contribution in [-0.2, 0) is 16.6 Å². The lowest BCUT2D eigenvalue weighted by Crippen LogP contribution is -2.52. The number of nitrogens with two attached hydrogens (primary N) is 1. The number of benzene rings is 2. The molecule has 0 spiro atoms. The highest BCUT2D eigenvalue weighted by molar-refractivity contribution is 7.89. The summed E-state index contributed by atoms with van der Waals surface area (Å²) in [5.74, 6) is 0.594. The normalized spacial score (nSPS) is 15.6. The summed E-state index contributed by atoms with van der Waals surface area (Å²) in [6.45, 7) is 1.90. The van der Waals surface area contributed by atoms with E-state index in [1.54, 1.807) is 29.2 Å². The van der Waals surface area contributed by atoms with E-state index >= 15 is 0 Å². The van der Waals surface area contributed by atoms with Crippen molar-refractivity contribution in [2.75, 3.05) is 26.2 Å². The second-order valence-electron chi connectivity index (χ2n) is 6.02. The largest absolute Gasteiger partial charge is 0.489 e. The van der Waals surface area contributed by atoms with Crippen LogP contribution in [0.15, 0.2) is 59.5 Å². The summed E-state index contributed by atoms with van der Waals surface area (Å²) in [6.07, 6.45) is 0. The molecule has 0 unspecified atom stereocenters. The van der Waals surface area contributed by atoms with Crippen molar-refractivity contribution < 1.29 is 13.2 Å². The van der Waals surface area contributed by atoms with E-state index in [0.29, 0.717) is 38.5 Å². The molecule has 0 atom stereocenters. The molecule has 0 aliphatic carbocycles. The van der Waals surface area contributed by atoms with Crippen LogP contribution in [0.5, 0.6) is 5.75 Å². The van der Waals surface area contributed by atoms with Crippen LogP contribution in [0.3, 0.4) is 0 Å². The Kier molecular flexibility index (Phi) is 5.43. The molecule has 138 valence electrons. The van der Waals surface area contributed by atoms with Crippen LogP contribution >= 0.6 is 0 Å². The number of rotatable bonds is 5. The molecule has 1 saturated heterocycles. The first-order chi connectivity index (χ1) is 12.5. The average molecular weight is 374 g/mol. The fourth-order valence-electron chi connectivity index (χ4n) is 2.77. The van der Waals surface area contributed by atoms with E-state index in [4.69, 9.17) is 15.9 Å². The van der Waals surface area contributed by atoms with Gasteiger partial charge in [-0.25, -0.2) is 8.42 Å². The minimum absolute atomic E-state index is 0.0260. The Bertz CT molecular complexity index is 846. The highest BCUT2D eigenvalue weighted by Crippen LogP contribution is 2.21. The van der Waals surface area contributed by atoms with Crippen LogP contribution in [0.2, 0.25) is 0 Å². The van der Waals surface area contributed by atoms with Gasteiger partial charge in [-0.05, 0) is 29.8 Å². The number of piperazine rings is 1. The lowest BCUT2D eigenvalue weighted by molar-refractivity contribution is 0.263. The van der Waals surface area contributed by atoms with Gasteiger partial charge in [-0.15, -0.1) is 0 Å². The zero-order valence-corrected chi connectivity index (χ0v) is 15.2. The summed E-state index contributed by atoms with van der Waals surface area (Å²) in [4.78, 5) is 1.90. The quantitative estimate of drug-likeness (QED) is 0.610. The molecule has 1 fully saturated rings. The molecule has 7 nitrogen and oxygen atoms in total. The molecule has 0 bridgehead atoms. The molecule has 2 aromatic carbocycles. The molecule has 1 heterocycles. The van der Waals surface area contributed by atoms with Gasteiger partial charge in [0.05, 0.1) is 4.90 Å². The van der Waals surface area contributed by atoms with E-state index < -0.39 is 10.0 Å². The number of ether oxygens (including phenoxy) is 1. The lowest BCUT2D eigenvalue weighted by atomic mass is 10.2. The van der Waals surface area contributed by atoms with Crippen LogP contribution in [0, 0.1) is 5.41 Å². The highest BCUT2D eigenvalue weighted by atomic mass is 32.2. The Morgan fingerprint density at radius 2 is 1.62 bits per heavy atom. The second kappa shape index (κ2) is 7.76. The van der Waals surface area contributed by atoms with Crippen molar-refractivity contribution in [1.29, 1.82) is 5.41 Å². The van der Waals surface area contributed by atoms with Gasteiger partial charge in [-0.2, -0.15) is 4.31 Å². The third kappa shape index (κ3) is 4.14. The Labute approximate surface area is 153 Å². The standard InChI is InChI=1S/C18H22N4O3S/c19-18(20)21-10-12-22(13-11-21)26(23,24)17-8-6-16(7-9-17)25-14-15-4-2-1-3-5-15/h1-9H,10-14H2,(H3,19,20). The van der Waals surface area contributed by atoms with Gasteiger partial charge in [0.2, 0.25) is 10.0 Å². The smallest absolute Gasteiger partial charge is 0.243 e. The van der Waals surface area contributed by atoms with Crippen LogP contribution in [0.1, 0.15) is 5.56 Å². The van der Waals surface area contributed by atoms with Crippen LogP contribution in [-0.4, -0.2) is 49.8 Å². The van der Waals surface area contributed by atoms with Crippen molar-refractivity contribution in [3.05, 3.63) is 60.2 Å². The SMILES string of the molecule is N=C(N)N1CCN(S(=O)(=O)c2ccc(OCc3ccccc3)cc2)CC1. The molecule has 2 aromatic rings. The van der Waals surface area contributed by atoms with Crippen molar-refractivity contribution >= 4 is 16.0 Å². The fourth-order valence-corrected chi connectivity index (χ4v) is 4.19. The van der Waals surface area contributed by atoms with Gasteiger partial charge in [-0.1, -0.05) is 30.3 Å². The molecule has 26 heavy (non-hydrogen) atoms. The van der Waals surface area contributed by atoms with Crippen molar-refractivity contribution in [3.8, 4) is 5.75 Å². The maximum Gasteiger partial charge on any atom is 0.243 e. The third-order valence-corrected chi connectivity index (χ3v) is 6.20. The van der Waals surface area contributed by atoms with E-state index in [1.165, 1.54) is 4.31 Å². The topological polar surface area (TPSA) is 99.7 Å². The van der Waals surface area contributed by atoms with E-state index in [0.717, 1.165) is 5.56 Å². The van der Waals surface area contributed by atoms with Gasteiger partial charge in [0.15, 0.2) is 5.96 Å². The molecule has 1 aliphatic heterocycles.